The van der Waals surface area contributed by atoms with Crippen LogP contribution in [0.5, 0.6) is 0 Å². The molecule has 0 bridgehead atoms. The van der Waals surface area contributed by atoms with E-state index < -0.39 is 18.0 Å². The number of carboxylic acids is 1. The average molecular weight is 258 g/mol. The van der Waals surface area contributed by atoms with E-state index in [-0.39, 0.29) is 5.92 Å². The Balaban J connectivity index is 2.38. The standard InChI is InChI=1S/C11H22N4O3/c1-8(2)9(10(16)17)12-11(18)13-15-6-4-14(3)5-7-15/h8-9H,4-7H2,1-3H3,(H,16,17)(H2,12,13,18)/t9-/m0/s1. The maximum Gasteiger partial charge on any atom is 0.330 e. The monoisotopic (exact) mass is 258 g/mol. The molecule has 2 amide bonds. The lowest BCUT2D eigenvalue weighted by Crippen LogP contribution is -2.57. The van der Waals surface area contributed by atoms with Crippen LogP contribution in [0, 0.1) is 5.92 Å². The van der Waals surface area contributed by atoms with Gasteiger partial charge in [-0.05, 0) is 13.0 Å². The number of hydrazine groups is 1. The lowest BCUT2D eigenvalue weighted by atomic mass is 10.1. The van der Waals surface area contributed by atoms with Gasteiger partial charge in [-0.15, -0.1) is 0 Å². The van der Waals surface area contributed by atoms with Crippen LogP contribution in [0.4, 0.5) is 4.79 Å². The van der Waals surface area contributed by atoms with Crippen molar-refractivity contribution in [2.45, 2.75) is 19.9 Å². The number of carbonyl (C=O) groups is 2. The molecule has 1 aliphatic rings. The van der Waals surface area contributed by atoms with Crippen LogP contribution in [0.1, 0.15) is 13.8 Å². The smallest absolute Gasteiger partial charge is 0.330 e. The molecule has 7 heteroatoms. The second kappa shape index (κ2) is 6.55. The third-order valence-corrected chi connectivity index (χ3v) is 2.98. The number of carbonyl (C=O) groups excluding carboxylic acids is 1. The van der Waals surface area contributed by atoms with Crippen LogP contribution in [0.3, 0.4) is 0 Å². The molecule has 0 saturated carbocycles. The molecule has 0 aliphatic carbocycles. The first-order valence-electron chi connectivity index (χ1n) is 6.13. The molecule has 0 aromatic carbocycles. The summed E-state index contributed by atoms with van der Waals surface area (Å²) in [6, 6.07) is -1.32. The third kappa shape index (κ3) is 4.50. The Bertz CT molecular complexity index is 301. The number of carboxylic acid groups (broad SMARTS) is 1. The van der Waals surface area contributed by atoms with Gasteiger partial charge in [-0.2, -0.15) is 0 Å². The van der Waals surface area contributed by atoms with E-state index in [0.717, 1.165) is 26.2 Å². The van der Waals surface area contributed by atoms with Gasteiger partial charge >= 0.3 is 12.0 Å². The number of nitrogens with zero attached hydrogens (tertiary/aromatic N) is 2. The summed E-state index contributed by atoms with van der Waals surface area (Å²) in [5, 5.41) is 13.2. The van der Waals surface area contributed by atoms with Crippen LogP contribution in [0.2, 0.25) is 0 Å². The molecule has 1 rings (SSSR count). The van der Waals surface area contributed by atoms with Crippen molar-refractivity contribution in [3.8, 4) is 0 Å². The lowest BCUT2D eigenvalue weighted by molar-refractivity contribution is -0.140. The summed E-state index contributed by atoms with van der Waals surface area (Å²) in [7, 11) is 2.02. The minimum absolute atomic E-state index is 0.152. The molecule has 7 nitrogen and oxygen atoms in total. The molecule has 3 N–H and O–H groups in total. The van der Waals surface area contributed by atoms with Crippen molar-refractivity contribution in [1.29, 1.82) is 0 Å². The number of aliphatic carboxylic acids is 1. The van der Waals surface area contributed by atoms with Gasteiger partial charge in [-0.1, -0.05) is 13.8 Å². The van der Waals surface area contributed by atoms with Crippen molar-refractivity contribution in [3.05, 3.63) is 0 Å². The second-order valence-corrected chi connectivity index (χ2v) is 4.94. The number of hydrogen-bond acceptors (Lipinski definition) is 4. The van der Waals surface area contributed by atoms with Crippen molar-refractivity contribution >= 4 is 12.0 Å². The molecular weight excluding hydrogens is 236 g/mol. The molecule has 0 radical (unpaired) electrons. The van der Waals surface area contributed by atoms with Crippen LogP contribution < -0.4 is 10.7 Å². The number of urea groups is 1. The van der Waals surface area contributed by atoms with Gasteiger partial charge < -0.3 is 15.3 Å². The number of likely N-dealkylation sites (N-methyl/N-ethyl adjacent to an activating group) is 1. The highest BCUT2D eigenvalue weighted by Crippen LogP contribution is 2.01. The van der Waals surface area contributed by atoms with E-state index in [4.69, 9.17) is 5.11 Å². The van der Waals surface area contributed by atoms with E-state index in [2.05, 4.69) is 15.6 Å². The van der Waals surface area contributed by atoms with Crippen LogP contribution >= 0.6 is 0 Å². The number of amides is 2. The van der Waals surface area contributed by atoms with Gasteiger partial charge in [0.15, 0.2) is 0 Å². The Morgan fingerprint density at radius 1 is 1.17 bits per heavy atom. The topological polar surface area (TPSA) is 84.9 Å². The Kier molecular flexibility index (Phi) is 5.36. The Hall–Kier alpha value is -1.34. The fraction of sp³-hybridized carbons (Fsp3) is 0.818. The molecule has 0 unspecified atom stereocenters. The average Bonchev–Trinajstić information content (AvgIpc) is 2.28. The van der Waals surface area contributed by atoms with E-state index >= 15 is 0 Å². The fourth-order valence-corrected chi connectivity index (χ4v) is 1.75. The fourth-order valence-electron chi connectivity index (χ4n) is 1.75. The zero-order chi connectivity index (χ0) is 13.7. The van der Waals surface area contributed by atoms with E-state index in [1.54, 1.807) is 18.9 Å². The zero-order valence-electron chi connectivity index (χ0n) is 11.1. The van der Waals surface area contributed by atoms with Gasteiger partial charge in [0.1, 0.15) is 6.04 Å². The lowest BCUT2D eigenvalue weighted by Gasteiger charge is -2.32. The van der Waals surface area contributed by atoms with Crippen molar-refractivity contribution in [1.82, 2.24) is 20.7 Å². The minimum atomic E-state index is -1.02. The largest absolute Gasteiger partial charge is 0.480 e. The van der Waals surface area contributed by atoms with E-state index in [0.29, 0.717) is 0 Å². The van der Waals surface area contributed by atoms with Gasteiger partial charge in [0.2, 0.25) is 0 Å². The molecule has 0 spiro atoms. The molecular formula is C11H22N4O3. The van der Waals surface area contributed by atoms with Gasteiger partial charge in [-0.25, -0.2) is 14.6 Å². The predicted molar refractivity (Wildman–Crippen MR) is 67.0 cm³/mol. The first-order chi connectivity index (χ1) is 8.40. The summed E-state index contributed by atoms with van der Waals surface area (Å²) in [4.78, 5) is 24.8. The minimum Gasteiger partial charge on any atom is -0.480 e. The van der Waals surface area contributed by atoms with Crippen LogP contribution in [-0.4, -0.2) is 66.3 Å². The maximum absolute atomic E-state index is 11.7. The van der Waals surface area contributed by atoms with E-state index in [1.807, 2.05) is 7.05 Å². The molecule has 0 aromatic rings. The summed E-state index contributed by atoms with van der Waals surface area (Å²) in [5.74, 6) is -1.17. The Morgan fingerprint density at radius 3 is 2.17 bits per heavy atom. The summed E-state index contributed by atoms with van der Waals surface area (Å²) < 4.78 is 0. The van der Waals surface area contributed by atoms with Crippen LogP contribution in [-0.2, 0) is 4.79 Å². The van der Waals surface area contributed by atoms with Gasteiger partial charge in [0, 0.05) is 26.2 Å². The van der Waals surface area contributed by atoms with Crippen molar-refractivity contribution in [2.75, 3.05) is 33.2 Å². The summed E-state index contributed by atoms with van der Waals surface area (Å²) in [5.41, 5.74) is 2.67. The predicted octanol–water partition coefficient (Wildman–Crippen LogP) is -0.443. The van der Waals surface area contributed by atoms with Crippen molar-refractivity contribution in [2.24, 2.45) is 5.92 Å². The highest BCUT2D eigenvalue weighted by molar-refractivity contribution is 5.82. The molecule has 104 valence electrons. The van der Waals surface area contributed by atoms with Gasteiger partial charge in [0.25, 0.3) is 0 Å². The number of rotatable bonds is 4. The van der Waals surface area contributed by atoms with E-state index in [9.17, 15) is 9.59 Å². The Labute approximate surface area is 107 Å². The first kappa shape index (κ1) is 14.7. The maximum atomic E-state index is 11.7. The normalized spacial score (nSPS) is 19.6. The van der Waals surface area contributed by atoms with Gasteiger partial charge in [0.05, 0.1) is 0 Å². The number of piperazine rings is 1. The molecule has 1 saturated heterocycles. The highest BCUT2D eigenvalue weighted by Gasteiger charge is 2.24. The third-order valence-electron chi connectivity index (χ3n) is 2.98. The van der Waals surface area contributed by atoms with Gasteiger partial charge in [-0.3, -0.25) is 5.43 Å². The highest BCUT2D eigenvalue weighted by atomic mass is 16.4. The molecule has 1 heterocycles. The molecule has 18 heavy (non-hydrogen) atoms. The summed E-state index contributed by atoms with van der Waals surface area (Å²) in [6.45, 7) is 6.76. The van der Waals surface area contributed by atoms with Crippen LogP contribution in [0.15, 0.2) is 0 Å². The quantitative estimate of drug-likeness (QED) is 0.636. The number of hydrogen-bond donors (Lipinski definition) is 3. The molecule has 0 aromatic heterocycles. The summed E-state index contributed by atoms with van der Waals surface area (Å²) >= 11 is 0. The van der Waals surface area contributed by atoms with Crippen molar-refractivity contribution in [3.63, 3.8) is 0 Å². The SMILES string of the molecule is CC(C)[C@H](NC(=O)NN1CCN(C)CC1)C(=O)O. The Morgan fingerprint density at radius 2 is 1.72 bits per heavy atom. The van der Waals surface area contributed by atoms with Crippen LogP contribution in [0.25, 0.3) is 0 Å². The van der Waals surface area contributed by atoms with E-state index in [1.165, 1.54) is 0 Å². The molecule has 1 fully saturated rings. The number of nitrogens with one attached hydrogen (secondary N) is 2. The second-order valence-electron chi connectivity index (χ2n) is 4.94. The first-order valence-corrected chi connectivity index (χ1v) is 6.13. The molecule has 1 aliphatic heterocycles. The zero-order valence-corrected chi connectivity index (χ0v) is 11.1. The van der Waals surface area contributed by atoms with Crippen molar-refractivity contribution < 1.29 is 14.7 Å². The summed E-state index contributed by atoms with van der Waals surface area (Å²) in [6.07, 6.45) is 0. The molecule has 1 atom stereocenters.